The molecule has 0 atom stereocenters. The molecule has 7 nitrogen and oxygen atoms in total. The molecule has 1 aliphatic carbocycles. The molecule has 0 aromatic heterocycles. The standard InChI is InChI=1S/C26H20N2O5/c29-22(15-33-17-7-3-6-16(14-17)28-13-5-12-23(28)30)27-21-11-4-10-20-24(21)26(32)19-9-2-1-8-18(19)25(20)31/h1-4,6-11,14H,5,12-13,15H2,(H,27,29). The minimum Gasteiger partial charge on any atom is -0.484 e. The number of ether oxygens (including phenoxy) is 1. The number of carbonyl (C=O) groups excluding carboxylic acids is 4. The molecule has 1 N–H and O–H groups in total. The van der Waals surface area contributed by atoms with Crippen LogP contribution in [0.15, 0.2) is 66.7 Å². The zero-order chi connectivity index (χ0) is 22.9. The fraction of sp³-hybridized carbons (Fsp3) is 0.154. The number of hydrogen-bond acceptors (Lipinski definition) is 5. The van der Waals surface area contributed by atoms with E-state index in [2.05, 4.69) is 5.32 Å². The van der Waals surface area contributed by atoms with Gasteiger partial charge in [0.15, 0.2) is 18.2 Å². The molecule has 0 radical (unpaired) electrons. The van der Waals surface area contributed by atoms with E-state index in [-0.39, 0.29) is 40.9 Å². The van der Waals surface area contributed by atoms with Gasteiger partial charge in [0.2, 0.25) is 5.91 Å². The highest BCUT2D eigenvalue weighted by Crippen LogP contribution is 2.32. The SMILES string of the molecule is O=C(COc1cccc(N2CCCC2=O)c1)Nc1cccc2c1C(=O)c1ccccc1C2=O. The molecule has 33 heavy (non-hydrogen) atoms. The Hall–Kier alpha value is -4.26. The van der Waals surface area contributed by atoms with E-state index < -0.39 is 5.91 Å². The number of amides is 2. The second kappa shape index (κ2) is 8.35. The van der Waals surface area contributed by atoms with Crippen molar-refractivity contribution in [2.24, 2.45) is 0 Å². The largest absolute Gasteiger partial charge is 0.484 e. The number of anilines is 2. The van der Waals surface area contributed by atoms with E-state index in [9.17, 15) is 19.2 Å². The highest BCUT2D eigenvalue weighted by atomic mass is 16.5. The van der Waals surface area contributed by atoms with E-state index in [1.54, 1.807) is 65.6 Å². The molecule has 7 heteroatoms. The molecule has 0 spiro atoms. The second-order valence-electron chi connectivity index (χ2n) is 7.92. The third-order valence-electron chi connectivity index (χ3n) is 5.80. The van der Waals surface area contributed by atoms with Crippen LogP contribution < -0.4 is 15.0 Å². The average Bonchev–Trinajstić information content (AvgIpc) is 3.27. The smallest absolute Gasteiger partial charge is 0.262 e. The number of carbonyl (C=O) groups is 4. The Kier molecular flexibility index (Phi) is 5.22. The summed E-state index contributed by atoms with van der Waals surface area (Å²) in [5, 5.41) is 2.70. The summed E-state index contributed by atoms with van der Waals surface area (Å²) in [4.78, 5) is 52.2. The number of nitrogens with zero attached hydrogens (tertiary/aromatic N) is 1. The summed E-state index contributed by atoms with van der Waals surface area (Å²) in [7, 11) is 0. The summed E-state index contributed by atoms with van der Waals surface area (Å²) in [6, 6.07) is 18.5. The Morgan fingerprint density at radius 1 is 0.879 bits per heavy atom. The van der Waals surface area contributed by atoms with Gasteiger partial charge in [-0.25, -0.2) is 0 Å². The van der Waals surface area contributed by atoms with Gasteiger partial charge >= 0.3 is 0 Å². The van der Waals surface area contributed by atoms with Crippen LogP contribution in [0.5, 0.6) is 5.75 Å². The molecule has 1 fully saturated rings. The van der Waals surface area contributed by atoms with Crippen molar-refractivity contribution in [3.63, 3.8) is 0 Å². The van der Waals surface area contributed by atoms with Gasteiger partial charge in [0, 0.05) is 41.4 Å². The van der Waals surface area contributed by atoms with Crippen LogP contribution in [0.3, 0.4) is 0 Å². The van der Waals surface area contributed by atoms with Gasteiger partial charge in [-0.2, -0.15) is 0 Å². The second-order valence-corrected chi connectivity index (χ2v) is 7.92. The molecule has 1 saturated heterocycles. The summed E-state index contributed by atoms with van der Waals surface area (Å²) in [5.74, 6) is -0.497. The van der Waals surface area contributed by atoms with Crippen LogP contribution in [0.1, 0.15) is 44.7 Å². The van der Waals surface area contributed by atoms with Gasteiger partial charge in [-0.15, -0.1) is 0 Å². The van der Waals surface area contributed by atoms with Gasteiger partial charge in [-0.1, -0.05) is 42.5 Å². The van der Waals surface area contributed by atoms with Crippen molar-refractivity contribution in [2.45, 2.75) is 12.8 Å². The molecule has 2 aliphatic rings. The number of nitrogens with one attached hydrogen (secondary N) is 1. The third-order valence-corrected chi connectivity index (χ3v) is 5.80. The number of ketones is 2. The first-order valence-corrected chi connectivity index (χ1v) is 10.7. The van der Waals surface area contributed by atoms with E-state index in [4.69, 9.17) is 4.74 Å². The van der Waals surface area contributed by atoms with Crippen molar-refractivity contribution in [3.8, 4) is 5.75 Å². The fourth-order valence-corrected chi connectivity index (χ4v) is 4.25. The maximum atomic E-state index is 13.1. The number of rotatable bonds is 5. The minimum absolute atomic E-state index is 0.0690. The molecule has 0 saturated carbocycles. The molecule has 3 aromatic rings. The normalized spacial score (nSPS) is 14.7. The van der Waals surface area contributed by atoms with Gasteiger partial charge in [0.05, 0.1) is 11.3 Å². The summed E-state index contributed by atoms with van der Waals surface area (Å²) < 4.78 is 5.62. The molecule has 164 valence electrons. The van der Waals surface area contributed by atoms with Crippen molar-refractivity contribution >= 4 is 34.8 Å². The molecular formula is C26H20N2O5. The van der Waals surface area contributed by atoms with Crippen molar-refractivity contribution in [1.82, 2.24) is 0 Å². The maximum absolute atomic E-state index is 13.1. The maximum Gasteiger partial charge on any atom is 0.262 e. The zero-order valence-electron chi connectivity index (χ0n) is 17.7. The lowest BCUT2D eigenvalue weighted by Crippen LogP contribution is -2.26. The first-order valence-electron chi connectivity index (χ1n) is 10.7. The predicted octanol–water partition coefficient (Wildman–Crippen LogP) is 3.61. The zero-order valence-corrected chi connectivity index (χ0v) is 17.7. The Balaban J connectivity index is 1.31. The van der Waals surface area contributed by atoms with Crippen molar-refractivity contribution < 1.29 is 23.9 Å². The quantitative estimate of drug-likeness (QED) is 0.512. The number of benzene rings is 3. The Morgan fingerprint density at radius 2 is 1.61 bits per heavy atom. The molecule has 3 aromatic carbocycles. The van der Waals surface area contributed by atoms with E-state index in [1.165, 1.54) is 0 Å². The van der Waals surface area contributed by atoms with Gasteiger partial charge in [-0.3, -0.25) is 19.2 Å². The van der Waals surface area contributed by atoms with Gasteiger partial charge < -0.3 is 15.0 Å². The molecule has 5 rings (SSSR count). The lowest BCUT2D eigenvalue weighted by atomic mass is 9.83. The van der Waals surface area contributed by atoms with Crippen LogP contribution in [0.4, 0.5) is 11.4 Å². The number of fused-ring (bicyclic) bond motifs is 2. The first kappa shape index (κ1) is 20.6. The Labute approximate surface area is 190 Å². The summed E-state index contributed by atoms with van der Waals surface area (Å²) >= 11 is 0. The number of hydrogen-bond donors (Lipinski definition) is 1. The summed E-state index contributed by atoms with van der Waals surface area (Å²) in [6.45, 7) is 0.373. The van der Waals surface area contributed by atoms with Gasteiger partial charge in [0.1, 0.15) is 5.75 Å². The highest BCUT2D eigenvalue weighted by molar-refractivity contribution is 6.30. The van der Waals surface area contributed by atoms with E-state index in [1.807, 2.05) is 6.07 Å². The van der Waals surface area contributed by atoms with Crippen molar-refractivity contribution in [2.75, 3.05) is 23.4 Å². The minimum atomic E-state index is -0.467. The summed E-state index contributed by atoms with van der Waals surface area (Å²) in [5.41, 5.74) is 2.13. The molecule has 1 aliphatic heterocycles. The van der Waals surface area contributed by atoms with Crippen LogP contribution in [0.2, 0.25) is 0 Å². The van der Waals surface area contributed by atoms with Crippen LogP contribution in [0.25, 0.3) is 0 Å². The highest BCUT2D eigenvalue weighted by Gasteiger charge is 2.31. The molecule has 2 amide bonds. The third kappa shape index (κ3) is 3.78. The molecule has 0 bridgehead atoms. The molecular weight excluding hydrogens is 420 g/mol. The van der Waals surface area contributed by atoms with Crippen LogP contribution >= 0.6 is 0 Å². The molecule has 1 heterocycles. The monoisotopic (exact) mass is 440 g/mol. The summed E-state index contributed by atoms with van der Waals surface area (Å²) in [6.07, 6.45) is 1.35. The van der Waals surface area contributed by atoms with Crippen molar-refractivity contribution in [1.29, 1.82) is 0 Å². The Bertz CT molecular complexity index is 1310. The lowest BCUT2D eigenvalue weighted by molar-refractivity contribution is -0.118. The van der Waals surface area contributed by atoms with Crippen molar-refractivity contribution in [3.05, 3.63) is 89.0 Å². The fourth-order valence-electron chi connectivity index (χ4n) is 4.25. The predicted molar refractivity (Wildman–Crippen MR) is 122 cm³/mol. The van der Waals surface area contributed by atoms with E-state index in [0.29, 0.717) is 29.8 Å². The first-order chi connectivity index (χ1) is 16.0. The van der Waals surface area contributed by atoms with Crippen LogP contribution in [-0.4, -0.2) is 36.5 Å². The van der Waals surface area contributed by atoms with E-state index >= 15 is 0 Å². The van der Waals surface area contributed by atoms with Crippen LogP contribution in [-0.2, 0) is 9.59 Å². The lowest BCUT2D eigenvalue weighted by Gasteiger charge is -2.20. The van der Waals surface area contributed by atoms with E-state index in [0.717, 1.165) is 12.1 Å². The Morgan fingerprint density at radius 3 is 2.36 bits per heavy atom. The average molecular weight is 440 g/mol. The van der Waals surface area contributed by atoms with Crippen LogP contribution in [0, 0.1) is 0 Å². The van der Waals surface area contributed by atoms with Gasteiger partial charge in [-0.05, 0) is 24.6 Å². The molecule has 0 unspecified atom stereocenters. The van der Waals surface area contributed by atoms with Gasteiger partial charge in [0.25, 0.3) is 5.91 Å². The topological polar surface area (TPSA) is 92.8 Å².